The van der Waals surface area contributed by atoms with E-state index < -0.39 is 23.6 Å². The average molecular weight is 307 g/mol. The number of hydrogen-bond donors (Lipinski definition) is 1. The van der Waals surface area contributed by atoms with Crippen molar-refractivity contribution in [1.29, 1.82) is 0 Å². The molecule has 20 heavy (non-hydrogen) atoms. The molecule has 0 aromatic heterocycles. The van der Waals surface area contributed by atoms with Gasteiger partial charge in [0.05, 0.1) is 29.9 Å². The summed E-state index contributed by atoms with van der Waals surface area (Å²) >= 11 is 0. The summed E-state index contributed by atoms with van der Waals surface area (Å²) in [6, 6.07) is 3.27. The molecule has 7 heteroatoms. The van der Waals surface area contributed by atoms with E-state index in [0.29, 0.717) is 29.4 Å². The third-order valence-corrected chi connectivity index (χ3v) is 4.16. The van der Waals surface area contributed by atoms with E-state index in [4.69, 9.17) is 15.2 Å². The third-order valence-electron chi connectivity index (χ3n) is 2.75. The molecule has 0 spiro atoms. The highest BCUT2D eigenvalue weighted by atomic mass is 32.2. The lowest BCUT2D eigenvalue weighted by atomic mass is 10.1. The van der Waals surface area contributed by atoms with Crippen LogP contribution in [-0.2, 0) is 17.2 Å². The highest BCUT2D eigenvalue weighted by Crippen LogP contribution is 2.31. The van der Waals surface area contributed by atoms with E-state index in [2.05, 4.69) is 0 Å². The Balaban J connectivity index is 3.08. The molecule has 1 atom stereocenters. The van der Waals surface area contributed by atoms with Crippen molar-refractivity contribution in [2.45, 2.75) is 24.2 Å². The maximum atomic E-state index is 12.2. The van der Waals surface area contributed by atoms with Crippen molar-refractivity contribution in [3.8, 4) is 11.5 Å². The predicted octanol–water partition coefficient (Wildman–Crippen LogP) is 1.97. The van der Waals surface area contributed by atoms with Crippen molar-refractivity contribution in [3.63, 3.8) is 0 Å². The summed E-state index contributed by atoms with van der Waals surface area (Å²) in [6.45, 7) is 0.438. The number of ether oxygens (including phenoxy) is 2. The second-order valence-electron chi connectivity index (χ2n) is 4.08. The van der Waals surface area contributed by atoms with Crippen LogP contribution in [0.25, 0.3) is 0 Å². The Labute approximate surface area is 119 Å². The summed E-state index contributed by atoms with van der Waals surface area (Å²) in [7, 11) is 1.38. The fraction of sp³-hybridized carbons (Fsp3) is 0.538. The van der Waals surface area contributed by atoms with Gasteiger partial charge in [-0.25, -0.2) is 8.78 Å². The summed E-state index contributed by atoms with van der Waals surface area (Å²) in [6.07, 6.45) is -2.30. The first kappa shape index (κ1) is 16.8. The Morgan fingerprint density at radius 3 is 2.40 bits per heavy atom. The van der Waals surface area contributed by atoms with Gasteiger partial charge in [-0.1, -0.05) is 0 Å². The zero-order valence-electron chi connectivity index (χ0n) is 11.5. The fourth-order valence-corrected chi connectivity index (χ4v) is 2.99. The number of methoxy groups -OCH3 is 2. The molecular weight excluding hydrogens is 288 g/mol. The van der Waals surface area contributed by atoms with Crippen LogP contribution in [0, 0.1) is 0 Å². The van der Waals surface area contributed by atoms with Crippen molar-refractivity contribution in [1.82, 2.24) is 0 Å². The standard InChI is InChI=1S/C13H19F2NO3S/c1-18-10-8-12(20(17)6-4-13(14)15)11(19-2)7-9(10)3-5-16/h7-8,13H,3-6,16H2,1-2H3. The topological polar surface area (TPSA) is 61.5 Å². The number of benzene rings is 1. The zero-order chi connectivity index (χ0) is 15.1. The first-order valence-electron chi connectivity index (χ1n) is 6.15. The van der Waals surface area contributed by atoms with E-state index in [0.717, 1.165) is 5.56 Å². The minimum Gasteiger partial charge on any atom is -0.496 e. The van der Waals surface area contributed by atoms with E-state index >= 15 is 0 Å². The van der Waals surface area contributed by atoms with E-state index in [1.165, 1.54) is 14.2 Å². The van der Waals surface area contributed by atoms with Crippen LogP contribution in [0.4, 0.5) is 8.78 Å². The van der Waals surface area contributed by atoms with Gasteiger partial charge in [0.1, 0.15) is 11.5 Å². The highest BCUT2D eigenvalue weighted by Gasteiger charge is 2.17. The van der Waals surface area contributed by atoms with Crippen LogP contribution in [-0.4, -0.2) is 37.2 Å². The van der Waals surface area contributed by atoms with Crippen molar-refractivity contribution >= 4 is 10.8 Å². The largest absolute Gasteiger partial charge is 0.496 e. The quantitative estimate of drug-likeness (QED) is 0.797. The van der Waals surface area contributed by atoms with E-state index in [-0.39, 0.29) is 5.75 Å². The molecule has 0 fully saturated rings. The molecule has 2 N–H and O–H groups in total. The minimum atomic E-state index is -2.47. The van der Waals surface area contributed by atoms with Crippen LogP contribution >= 0.6 is 0 Å². The molecule has 1 aromatic rings. The molecule has 0 radical (unpaired) electrons. The summed E-state index contributed by atoms with van der Waals surface area (Å²) < 4.78 is 46.9. The second kappa shape index (κ2) is 8.16. The molecule has 0 heterocycles. The van der Waals surface area contributed by atoms with Crippen LogP contribution in [0.1, 0.15) is 12.0 Å². The molecule has 0 amide bonds. The molecule has 1 unspecified atom stereocenters. The van der Waals surface area contributed by atoms with Gasteiger partial charge in [-0.05, 0) is 24.6 Å². The summed E-state index contributed by atoms with van der Waals surface area (Å²) in [5.74, 6) is 0.825. The maximum absolute atomic E-state index is 12.2. The summed E-state index contributed by atoms with van der Waals surface area (Å²) in [5.41, 5.74) is 6.35. The lowest BCUT2D eigenvalue weighted by Gasteiger charge is -2.14. The molecule has 0 saturated heterocycles. The first-order chi connectivity index (χ1) is 9.53. The van der Waals surface area contributed by atoms with Crippen LogP contribution in [0.5, 0.6) is 11.5 Å². The van der Waals surface area contributed by atoms with Gasteiger partial charge in [0.15, 0.2) is 0 Å². The van der Waals surface area contributed by atoms with Crippen LogP contribution in [0.2, 0.25) is 0 Å². The van der Waals surface area contributed by atoms with Crippen LogP contribution in [0.3, 0.4) is 0 Å². The Morgan fingerprint density at radius 1 is 1.25 bits per heavy atom. The van der Waals surface area contributed by atoms with Crippen LogP contribution in [0.15, 0.2) is 17.0 Å². The molecule has 0 aliphatic carbocycles. The highest BCUT2D eigenvalue weighted by molar-refractivity contribution is 7.85. The zero-order valence-corrected chi connectivity index (χ0v) is 12.3. The predicted molar refractivity (Wildman–Crippen MR) is 74.2 cm³/mol. The van der Waals surface area contributed by atoms with Gasteiger partial charge in [0.2, 0.25) is 6.43 Å². The monoisotopic (exact) mass is 307 g/mol. The molecule has 0 bridgehead atoms. The molecular formula is C13H19F2NO3S. The first-order valence-corrected chi connectivity index (χ1v) is 7.46. The normalized spacial score (nSPS) is 12.5. The average Bonchev–Trinajstić information content (AvgIpc) is 2.44. The lowest BCUT2D eigenvalue weighted by Crippen LogP contribution is -2.08. The van der Waals surface area contributed by atoms with E-state index in [1.54, 1.807) is 12.1 Å². The van der Waals surface area contributed by atoms with Gasteiger partial charge in [-0.15, -0.1) is 0 Å². The lowest BCUT2D eigenvalue weighted by molar-refractivity contribution is 0.145. The summed E-state index contributed by atoms with van der Waals surface area (Å²) in [4.78, 5) is 0.366. The van der Waals surface area contributed by atoms with E-state index in [9.17, 15) is 13.0 Å². The van der Waals surface area contributed by atoms with Gasteiger partial charge in [-0.3, -0.25) is 4.21 Å². The van der Waals surface area contributed by atoms with Gasteiger partial charge >= 0.3 is 0 Å². The summed E-state index contributed by atoms with van der Waals surface area (Å²) in [5, 5.41) is 0. The molecule has 0 saturated carbocycles. The number of hydrogen-bond acceptors (Lipinski definition) is 4. The van der Waals surface area contributed by atoms with Crippen molar-refractivity contribution < 1.29 is 22.5 Å². The maximum Gasteiger partial charge on any atom is 0.239 e. The third kappa shape index (κ3) is 4.42. The van der Waals surface area contributed by atoms with Crippen molar-refractivity contribution in [2.75, 3.05) is 26.5 Å². The minimum absolute atomic E-state index is 0.118. The SMILES string of the molecule is COc1cc(S(=O)CCC(F)F)c(OC)cc1CCN. The Hall–Kier alpha value is -1.21. The number of alkyl halides is 2. The van der Waals surface area contributed by atoms with Crippen LogP contribution < -0.4 is 15.2 Å². The smallest absolute Gasteiger partial charge is 0.239 e. The number of rotatable bonds is 8. The fourth-order valence-electron chi connectivity index (χ4n) is 1.77. The Bertz CT molecular complexity index is 469. The van der Waals surface area contributed by atoms with Gasteiger partial charge in [-0.2, -0.15) is 0 Å². The number of halogens is 2. The van der Waals surface area contributed by atoms with Crippen molar-refractivity contribution in [3.05, 3.63) is 17.7 Å². The Kier molecular flexibility index (Phi) is 6.87. The molecule has 0 aliphatic rings. The molecule has 1 aromatic carbocycles. The number of nitrogens with two attached hydrogens (primary N) is 1. The second-order valence-corrected chi connectivity index (χ2v) is 5.62. The van der Waals surface area contributed by atoms with Gasteiger partial charge in [0.25, 0.3) is 0 Å². The Morgan fingerprint density at radius 2 is 1.90 bits per heavy atom. The molecule has 1 rings (SSSR count). The molecule has 0 aliphatic heterocycles. The van der Waals surface area contributed by atoms with Gasteiger partial charge in [0, 0.05) is 18.2 Å². The van der Waals surface area contributed by atoms with E-state index in [1.807, 2.05) is 0 Å². The van der Waals surface area contributed by atoms with Gasteiger partial charge < -0.3 is 15.2 Å². The molecule has 4 nitrogen and oxygen atoms in total. The molecule has 114 valence electrons. The van der Waals surface area contributed by atoms with Crippen molar-refractivity contribution in [2.24, 2.45) is 5.73 Å².